The molecule has 0 bridgehead atoms. The topological polar surface area (TPSA) is 60.7 Å². The highest BCUT2D eigenvalue weighted by molar-refractivity contribution is 4.66. The van der Waals surface area contributed by atoms with E-state index in [4.69, 9.17) is 10.2 Å². The third-order valence-corrected chi connectivity index (χ3v) is 1.99. The lowest BCUT2D eigenvalue weighted by Crippen LogP contribution is -2.22. The maximum absolute atomic E-state index is 9.37. The summed E-state index contributed by atoms with van der Waals surface area (Å²) in [6.07, 6.45) is 1.43. The third kappa shape index (κ3) is 4.35. The second-order valence-corrected chi connectivity index (χ2v) is 2.76. The Bertz CT molecular complexity index is 85.4. The number of aliphatic hydroxyl groups excluding tert-OH is 3. The Morgan fingerprint density at radius 3 is 2.00 bits per heavy atom. The van der Waals surface area contributed by atoms with Crippen LogP contribution in [-0.2, 0) is 0 Å². The van der Waals surface area contributed by atoms with E-state index in [0.717, 1.165) is 6.42 Å². The van der Waals surface area contributed by atoms with Gasteiger partial charge < -0.3 is 15.3 Å². The van der Waals surface area contributed by atoms with E-state index in [2.05, 4.69) is 0 Å². The molecule has 2 atom stereocenters. The molecule has 11 heavy (non-hydrogen) atoms. The predicted octanol–water partition coefficient (Wildman–Crippen LogP) is 0.138. The second kappa shape index (κ2) is 6.58. The van der Waals surface area contributed by atoms with Crippen LogP contribution in [0.2, 0.25) is 0 Å². The van der Waals surface area contributed by atoms with Gasteiger partial charge in [-0.15, -0.1) is 0 Å². The minimum absolute atomic E-state index is 0.0170. The summed E-state index contributed by atoms with van der Waals surface area (Å²) in [5, 5.41) is 26.5. The zero-order valence-electron chi connectivity index (χ0n) is 7.03. The second-order valence-electron chi connectivity index (χ2n) is 2.76. The highest BCUT2D eigenvalue weighted by atomic mass is 16.3. The number of hydrogen-bond donors (Lipinski definition) is 3. The molecule has 0 rings (SSSR count). The van der Waals surface area contributed by atoms with Crippen LogP contribution in [0.25, 0.3) is 0 Å². The van der Waals surface area contributed by atoms with Gasteiger partial charge in [0.25, 0.3) is 0 Å². The summed E-state index contributed by atoms with van der Waals surface area (Å²) in [5.41, 5.74) is 0. The maximum Gasteiger partial charge on any atom is 0.0591 e. The van der Waals surface area contributed by atoms with E-state index >= 15 is 0 Å². The van der Waals surface area contributed by atoms with E-state index in [-0.39, 0.29) is 19.1 Å². The van der Waals surface area contributed by atoms with Crippen LogP contribution in [0.5, 0.6) is 0 Å². The Kier molecular flexibility index (Phi) is 6.51. The van der Waals surface area contributed by atoms with Gasteiger partial charge in [0.05, 0.1) is 6.10 Å². The fourth-order valence-electron chi connectivity index (χ4n) is 1.20. The van der Waals surface area contributed by atoms with Crippen LogP contribution in [-0.4, -0.2) is 34.6 Å². The van der Waals surface area contributed by atoms with Crippen molar-refractivity contribution in [2.75, 3.05) is 13.2 Å². The molecule has 0 saturated heterocycles. The monoisotopic (exact) mass is 162 g/mol. The van der Waals surface area contributed by atoms with Crippen molar-refractivity contribution < 1.29 is 15.3 Å². The van der Waals surface area contributed by atoms with Crippen LogP contribution in [0.4, 0.5) is 0 Å². The molecule has 2 unspecified atom stereocenters. The molecule has 0 aromatic carbocycles. The Balaban J connectivity index is 3.61. The molecule has 3 N–H and O–H groups in total. The van der Waals surface area contributed by atoms with Crippen molar-refractivity contribution in [3.8, 4) is 0 Å². The molecule has 0 aliphatic heterocycles. The Labute approximate surface area is 67.7 Å². The van der Waals surface area contributed by atoms with Gasteiger partial charge in [0.2, 0.25) is 0 Å². The summed E-state index contributed by atoms with van der Waals surface area (Å²) in [4.78, 5) is 0. The maximum atomic E-state index is 9.37. The van der Waals surface area contributed by atoms with E-state index < -0.39 is 6.10 Å². The first-order chi connectivity index (χ1) is 5.26. The first-order valence-corrected chi connectivity index (χ1v) is 4.16. The molecule has 0 saturated carbocycles. The smallest absolute Gasteiger partial charge is 0.0591 e. The molecule has 0 heterocycles. The SMILES string of the molecule is CCC(CCO)C(O)CCO. The van der Waals surface area contributed by atoms with Crippen molar-refractivity contribution in [3.63, 3.8) is 0 Å². The zero-order chi connectivity index (χ0) is 8.69. The Hall–Kier alpha value is -0.120. The van der Waals surface area contributed by atoms with Gasteiger partial charge in [0.1, 0.15) is 0 Å². The van der Waals surface area contributed by atoms with Crippen LogP contribution in [0.1, 0.15) is 26.2 Å². The summed E-state index contributed by atoms with van der Waals surface area (Å²) in [6, 6.07) is 0. The molecule has 0 aliphatic carbocycles. The van der Waals surface area contributed by atoms with Crippen LogP contribution < -0.4 is 0 Å². The lowest BCUT2D eigenvalue weighted by molar-refractivity contribution is 0.0633. The molecule has 0 radical (unpaired) electrons. The lowest BCUT2D eigenvalue weighted by Gasteiger charge is -2.19. The summed E-state index contributed by atoms with van der Waals surface area (Å²) in [7, 11) is 0. The van der Waals surface area contributed by atoms with Crippen LogP contribution in [0, 0.1) is 5.92 Å². The molecule has 0 aromatic heterocycles. The van der Waals surface area contributed by atoms with Gasteiger partial charge in [-0.2, -0.15) is 0 Å². The number of rotatable bonds is 6. The van der Waals surface area contributed by atoms with Gasteiger partial charge in [-0.25, -0.2) is 0 Å². The number of aliphatic hydroxyl groups is 3. The molecular weight excluding hydrogens is 144 g/mol. The van der Waals surface area contributed by atoms with E-state index in [0.29, 0.717) is 12.8 Å². The number of hydrogen-bond acceptors (Lipinski definition) is 3. The van der Waals surface area contributed by atoms with Crippen molar-refractivity contribution in [2.24, 2.45) is 5.92 Å². The molecule has 3 nitrogen and oxygen atoms in total. The quantitative estimate of drug-likeness (QED) is 0.520. The van der Waals surface area contributed by atoms with Crippen molar-refractivity contribution >= 4 is 0 Å². The molecule has 0 spiro atoms. The molecule has 0 aromatic rings. The fraction of sp³-hybridized carbons (Fsp3) is 1.00. The Morgan fingerprint density at radius 2 is 1.64 bits per heavy atom. The Morgan fingerprint density at radius 1 is 1.09 bits per heavy atom. The van der Waals surface area contributed by atoms with Gasteiger partial charge in [-0.05, 0) is 18.8 Å². The fourth-order valence-corrected chi connectivity index (χ4v) is 1.20. The van der Waals surface area contributed by atoms with E-state index in [1.54, 1.807) is 0 Å². The summed E-state index contributed by atoms with van der Waals surface area (Å²) in [6.45, 7) is 2.10. The lowest BCUT2D eigenvalue weighted by atomic mass is 9.94. The normalized spacial score (nSPS) is 16.4. The molecule has 0 fully saturated rings. The molecule has 0 aliphatic rings. The highest BCUT2D eigenvalue weighted by Gasteiger charge is 2.15. The standard InChI is InChI=1S/C8H18O3/c1-2-7(3-5-9)8(11)4-6-10/h7-11H,2-6H2,1H3. The van der Waals surface area contributed by atoms with Gasteiger partial charge in [0, 0.05) is 13.2 Å². The summed E-state index contributed by atoms with van der Waals surface area (Å²) in [5.74, 6) is 0.132. The molecule has 68 valence electrons. The van der Waals surface area contributed by atoms with Crippen molar-refractivity contribution in [3.05, 3.63) is 0 Å². The average molecular weight is 162 g/mol. The van der Waals surface area contributed by atoms with Crippen LogP contribution in [0.15, 0.2) is 0 Å². The van der Waals surface area contributed by atoms with Gasteiger partial charge in [-0.3, -0.25) is 0 Å². The first kappa shape index (κ1) is 10.9. The van der Waals surface area contributed by atoms with Gasteiger partial charge >= 0.3 is 0 Å². The minimum Gasteiger partial charge on any atom is -0.396 e. The summed E-state index contributed by atoms with van der Waals surface area (Å²) >= 11 is 0. The van der Waals surface area contributed by atoms with Crippen molar-refractivity contribution in [1.29, 1.82) is 0 Å². The zero-order valence-corrected chi connectivity index (χ0v) is 7.03. The first-order valence-electron chi connectivity index (χ1n) is 4.16. The van der Waals surface area contributed by atoms with E-state index in [1.807, 2.05) is 6.92 Å². The van der Waals surface area contributed by atoms with Crippen LogP contribution in [0.3, 0.4) is 0 Å². The molecular formula is C8H18O3. The average Bonchev–Trinajstić information content (AvgIpc) is 2.00. The van der Waals surface area contributed by atoms with E-state index in [1.165, 1.54) is 0 Å². The highest BCUT2D eigenvalue weighted by Crippen LogP contribution is 2.15. The van der Waals surface area contributed by atoms with E-state index in [9.17, 15) is 5.11 Å². The summed E-state index contributed by atoms with van der Waals surface area (Å²) < 4.78 is 0. The van der Waals surface area contributed by atoms with Crippen molar-refractivity contribution in [2.45, 2.75) is 32.3 Å². The predicted molar refractivity (Wildman–Crippen MR) is 43.2 cm³/mol. The molecule has 0 amide bonds. The molecule has 3 heteroatoms. The minimum atomic E-state index is -0.461. The largest absolute Gasteiger partial charge is 0.396 e. The third-order valence-electron chi connectivity index (χ3n) is 1.99. The van der Waals surface area contributed by atoms with Gasteiger partial charge in [-0.1, -0.05) is 13.3 Å². The van der Waals surface area contributed by atoms with Gasteiger partial charge in [0.15, 0.2) is 0 Å². The van der Waals surface area contributed by atoms with Crippen LogP contribution >= 0.6 is 0 Å². The van der Waals surface area contributed by atoms with Crippen molar-refractivity contribution in [1.82, 2.24) is 0 Å².